The van der Waals surface area contributed by atoms with E-state index in [1.807, 2.05) is 36.2 Å². The fourth-order valence-corrected chi connectivity index (χ4v) is 2.19. The second-order valence-electron chi connectivity index (χ2n) is 5.37. The summed E-state index contributed by atoms with van der Waals surface area (Å²) in [5, 5.41) is 0. The summed E-state index contributed by atoms with van der Waals surface area (Å²) in [6.07, 6.45) is 3.51. The molecule has 3 nitrogen and oxygen atoms in total. The van der Waals surface area contributed by atoms with Gasteiger partial charge in [0.1, 0.15) is 5.75 Å². The molecule has 1 aromatic rings. The van der Waals surface area contributed by atoms with Gasteiger partial charge in [-0.25, -0.2) is 0 Å². The van der Waals surface area contributed by atoms with Gasteiger partial charge in [0.05, 0.1) is 0 Å². The summed E-state index contributed by atoms with van der Waals surface area (Å²) < 4.78 is 5.55. The maximum Gasteiger partial charge on any atom is 0.260 e. The molecule has 0 heterocycles. The number of aryl methyl sites for hydroxylation is 1. The Balaban J connectivity index is 1.81. The van der Waals surface area contributed by atoms with Gasteiger partial charge in [0, 0.05) is 13.1 Å². The van der Waals surface area contributed by atoms with Crippen LogP contribution in [0.3, 0.4) is 0 Å². The van der Waals surface area contributed by atoms with E-state index in [1.54, 1.807) is 0 Å². The highest BCUT2D eigenvalue weighted by Gasteiger charge is 2.32. The van der Waals surface area contributed by atoms with Crippen LogP contribution in [0.15, 0.2) is 24.3 Å². The van der Waals surface area contributed by atoms with E-state index >= 15 is 0 Å². The summed E-state index contributed by atoms with van der Waals surface area (Å²) in [5.74, 6) is 1.51. The van der Waals surface area contributed by atoms with Crippen molar-refractivity contribution in [2.75, 3.05) is 13.7 Å². The minimum atomic E-state index is 0.0546. The molecule has 1 aliphatic rings. The Kier molecular flexibility index (Phi) is 4.46. The molecular formula is C16H23NO2. The van der Waals surface area contributed by atoms with Crippen molar-refractivity contribution in [3.8, 4) is 5.75 Å². The van der Waals surface area contributed by atoms with E-state index in [0.717, 1.165) is 12.2 Å². The van der Waals surface area contributed by atoms with Gasteiger partial charge in [0.15, 0.2) is 6.61 Å². The van der Waals surface area contributed by atoms with E-state index < -0.39 is 0 Å². The predicted molar refractivity (Wildman–Crippen MR) is 76.3 cm³/mol. The average Bonchev–Trinajstić information content (AvgIpc) is 3.28. The molecule has 1 atom stereocenters. The highest BCUT2D eigenvalue weighted by atomic mass is 16.5. The number of carbonyl (C=O) groups excluding carboxylic acids is 1. The Morgan fingerprint density at radius 2 is 2.00 bits per heavy atom. The summed E-state index contributed by atoms with van der Waals surface area (Å²) in [6.45, 7) is 4.36. The van der Waals surface area contributed by atoms with E-state index in [-0.39, 0.29) is 12.5 Å². The molecule has 0 bridgehead atoms. The van der Waals surface area contributed by atoms with E-state index in [1.165, 1.54) is 18.4 Å². The van der Waals surface area contributed by atoms with Crippen molar-refractivity contribution in [1.82, 2.24) is 4.90 Å². The van der Waals surface area contributed by atoms with E-state index in [0.29, 0.717) is 12.0 Å². The fraction of sp³-hybridized carbons (Fsp3) is 0.562. The number of hydrogen-bond donors (Lipinski definition) is 0. The molecule has 0 aromatic heterocycles. The molecule has 0 saturated heterocycles. The van der Waals surface area contributed by atoms with Crippen LogP contribution in [0.25, 0.3) is 0 Å². The third kappa shape index (κ3) is 3.72. The van der Waals surface area contributed by atoms with Crippen molar-refractivity contribution < 1.29 is 9.53 Å². The predicted octanol–water partition coefficient (Wildman–Crippen LogP) is 2.88. The molecule has 1 unspecified atom stereocenters. The van der Waals surface area contributed by atoms with Gasteiger partial charge in [-0.1, -0.05) is 19.1 Å². The second kappa shape index (κ2) is 6.09. The van der Waals surface area contributed by atoms with Crippen molar-refractivity contribution in [3.05, 3.63) is 29.8 Å². The highest BCUT2D eigenvalue weighted by Crippen LogP contribution is 2.34. The number of carbonyl (C=O) groups is 1. The molecule has 1 saturated carbocycles. The van der Waals surface area contributed by atoms with Gasteiger partial charge >= 0.3 is 0 Å². The molecule has 1 aliphatic carbocycles. The maximum atomic E-state index is 12.0. The zero-order chi connectivity index (χ0) is 13.8. The number of benzene rings is 1. The van der Waals surface area contributed by atoms with Crippen LogP contribution in [-0.2, 0) is 11.2 Å². The fourth-order valence-electron chi connectivity index (χ4n) is 2.19. The minimum Gasteiger partial charge on any atom is -0.484 e. The zero-order valence-electron chi connectivity index (χ0n) is 12.1. The van der Waals surface area contributed by atoms with Crippen LogP contribution in [0, 0.1) is 5.92 Å². The number of nitrogens with zero attached hydrogens (tertiary/aromatic N) is 1. The van der Waals surface area contributed by atoms with Crippen LogP contribution < -0.4 is 4.74 Å². The minimum absolute atomic E-state index is 0.0546. The summed E-state index contributed by atoms with van der Waals surface area (Å²) >= 11 is 0. The normalized spacial score (nSPS) is 15.9. The van der Waals surface area contributed by atoms with Crippen LogP contribution in [0.4, 0.5) is 0 Å². The van der Waals surface area contributed by atoms with Gasteiger partial charge < -0.3 is 9.64 Å². The highest BCUT2D eigenvalue weighted by molar-refractivity contribution is 5.77. The first-order valence-corrected chi connectivity index (χ1v) is 7.09. The van der Waals surface area contributed by atoms with Crippen molar-refractivity contribution in [2.24, 2.45) is 5.92 Å². The average molecular weight is 261 g/mol. The molecule has 0 aliphatic heterocycles. The Morgan fingerprint density at radius 3 is 2.53 bits per heavy atom. The van der Waals surface area contributed by atoms with Crippen molar-refractivity contribution in [2.45, 2.75) is 39.2 Å². The first-order chi connectivity index (χ1) is 9.11. The molecule has 104 valence electrons. The molecule has 0 spiro atoms. The van der Waals surface area contributed by atoms with Crippen LogP contribution in [0.2, 0.25) is 0 Å². The third-order valence-electron chi connectivity index (χ3n) is 4.00. The molecular weight excluding hydrogens is 238 g/mol. The quantitative estimate of drug-likeness (QED) is 0.788. The molecule has 3 heteroatoms. The van der Waals surface area contributed by atoms with Crippen molar-refractivity contribution in [3.63, 3.8) is 0 Å². The Bertz CT molecular complexity index is 423. The summed E-state index contributed by atoms with van der Waals surface area (Å²) in [4.78, 5) is 13.8. The van der Waals surface area contributed by atoms with Gasteiger partial charge in [-0.2, -0.15) is 0 Å². The number of hydrogen-bond acceptors (Lipinski definition) is 2. The van der Waals surface area contributed by atoms with E-state index in [4.69, 9.17) is 4.74 Å². The summed E-state index contributed by atoms with van der Waals surface area (Å²) in [6, 6.07) is 8.26. The van der Waals surface area contributed by atoms with Gasteiger partial charge in [-0.3, -0.25) is 4.79 Å². The lowest BCUT2D eigenvalue weighted by Gasteiger charge is -2.24. The summed E-state index contributed by atoms with van der Waals surface area (Å²) in [5.41, 5.74) is 1.28. The largest absolute Gasteiger partial charge is 0.484 e. The molecule has 0 N–H and O–H groups in total. The molecule has 2 rings (SSSR count). The zero-order valence-corrected chi connectivity index (χ0v) is 12.1. The molecule has 1 amide bonds. The SMILES string of the molecule is CCc1ccc(OCC(=O)N(C)C(C)C2CC2)cc1. The number of amides is 1. The Labute approximate surface area is 115 Å². The lowest BCUT2D eigenvalue weighted by atomic mass is 10.2. The second-order valence-corrected chi connectivity index (χ2v) is 5.37. The maximum absolute atomic E-state index is 12.0. The van der Waals surface area contributed by atoms with Gasteiger partial charge in [-0.15, -0.1) is 0 Å². The molecule has 19 heavy (non-hydrogen) atoms. The lowest BCUT2D eigenvalue weighted by molar-refractivity contribution is -0.134. The van der Waals surface area contributed by atoms with Crippen molar-refractivity contribution >= 4 is 5.91 Å². The number of rotatable bonds is 6. The Hall–Kier alpha value is -1.51. The van der Waals surface area contributed by atoms with Gasteiger partial charge in [0.25, 0.3) is 5.91 Å². The number of ether oxygens (including phenoxy) is 1. The molecule has 1 fully saturated rings. The topological polar surface area (TPSA) is 29.5 Å². The Morgan fingerprint density at radius 1 is 1.37 bits per heavy atom. The lowest BCUT2D eigenvalue weighted by Crippen LogP contribution is -2.39. The monoisotopic (exact) mass is 261 g/mol. The van der Waals surface area contributed by atoms with Crippen LogP contribution in [-0.4, -0.2) is 30.5 Å². The first kappa shape index (κ1) is 13.9. The standard InChI is InChI=1S/C16H23NO2/c1-4-13-5-9-15(10-6-13)19-11-16(18)17(3)12(2)14-7-8-14/h5-6,9-10,12,14H,4,7-8,11H2,1-3H3. The van der Waals surface area contributed by atoms with E-state index in [9.17, 15) is 4.79 Å². The van der Waals surface area contributed by atoms with Gasteiger partial charge in [0.2, 0.25) is 0 Å². The number of likely N-dealkylation sites (N-methyl/N-ethyl adjacent to an activating group) is 1. The first-order valence-electron chi connectivity index (χ1n) is 7.09. The van der Waals surface area contributed by atoms with E-state index in [2.05, 4.69) is 13.8 Å². The van der Waals surface area contributed by atoms with Crippen LogP contribution in [0.5, 0.6) is 5.75 Å². The van der Waals surface area contributed by atoms with Crippen LogP contribution in [0.1, 0.15) is 32.3 Å². The summed E-state index contributed by atoms with van der Waals surface area (Å²) in [7, 11) is 1.87. The van der Waals surface area contributed by atoms with Gasteiger partial charge in [-0.05, 0) is 49.8 Å². The van der Waals surface area contributed by atoms with Crippen molar-refractivity contribution in [1.29, 1.82) is 0 Å². The van der Waals surface area contributed by atoms with Crippen LogP contribution >= 0.6 is 0 Å². The molecule has 0 radical (unpaired) electrons. The molecule has 1 aromatic carbocycles. The third-order valence-corrected chi connectivity index (χ3v) is 4.00. The smallest absolute Gasteiger partial charge is 0.260 e.